The summed E-state index contributed by atoms with van der Waals surface area (Å²) < 4.78 is 10.8. The van der Waals surface area contributed by atoms with E-state index in [0.29, 0.717) is 42.2 Å². The highest BCUT2D eigenvalue weighted by Crippen LogP contribution is 2.36. The van der Waals surface area contributed by atoms with Crippen LogP contribution >= 0.6 is 11.8 Å². The van der Waals surface area contributed by atoms with Crippen LogP contribution in [0.4, 0.5) is 10.5 Å². The number of phenolic OH excluding ortho intramolecular Hbond substituents is 1. The maximum Gasteiger partial charge on any atom is 0.294 e. The molecule has 1 saturated heterocycles. The molecular weight excluding hydrogens is 456 g/mol. The molecule has 3 amide bonds. The predicted molar refractivity (Wildman–Crippen MR) is 132 cm³/mol. The van der Waals surface area contributed by atoms with Crippen molar-refractivity contribution in [2.24, 2.45) is 0 Å². The summed E-state index contributed by atoms with van der Waals surface area (Å²) in [5, 5.41) is 12.5. The van der Waals surface area contributed by atoms with Crippen LogP contribution in [0.3, 0.4) is 0 Å². The fourth-order valence-corrected chi connectivity index (χ4v) is 4.12. The van der Waals surface area contributed by atoms with Gasteiger partial charge in [-0.25, -0.2) is 0 Å². The van der Waals surface area contributed by atoms with Crippen molar-refractivity contribution < 1.29 is 29.0 Å². The SMILES string of the molecule is C=CCc1cc(/C=C2\SC(=O)N(CC(=O)Nc3ccc(OCC)cc3)C2=O)cc(OCC)c1O. The number of hydrogen-bond donors (Lipinski definition) is 2. The largest absolute Gasteiger partial charge is 0.504 e. The Hall–Kier alpha value is -3.72. The lowest BCUT2D eigenvalue weighted by Crippen LogP contribution is -2.36. The zero-order chi connectivity index (χ0) is 24.7. The highest BCUT2D eigenvalue weighted by Gasteiger charge is 2.36. The van der Waals surface area contributed by atoms with Crippen molar-refractivity contribution in [3.05, 3.63) is 65.1 Å². The van der Waals surface area contributed by atoms with Gasteiger partial charge in [-0.3, -0.25) is 19.3 Å². The van der Waals surface area contributed by atoms with E-state index >= 15 is 0 Å². The van der Waals surface area contributed by atoms with Gasteiger partial charge in [0.2, 0.25) is 5.91 Å². The number of thioether (sulfide) groups is 1. The smallest absolute Gasteiger partial charge is 0.294 e. The van der Waals surface area contributed by atoms with Crippen LogP contribution < -0.4 is 14.8 Å². The molecule has 0 spiro atoms. The van der Waals surface area contributed by atoms with Crippen LogP contribution in [0.25, 0.3) is 6.08 Å². The maximum atomic E-state index is 12.8. The highest BCUT2D eigenvalue weighted by atomic mass is 32.2. The molecule has 0 aliphatic carbocycles. The molecule has 1 fully saturated rings. The van der Waals surface area contributed by atoms with Crippen LogP contribution in [0.1, 0.15) is 25.0 Å². The van der Waals surface area contributed by atoms with Gasteiger partial charge in [-0.15, -0.1) is 6.58 Å². The van der Waals surface area contributed by atoms with Gasteiger partial charge in [0.1, 0.15) is 12.3 Å². The fourth-order valence-electron chi connectivity index (χ4n) is 3.28. The first kappa shape index (κ1) is 24.9. The number of amides is 3. The number of hydrogen-bond acceptors (Lipinski definition) is 7. The molecule has 1 aliphatic heterocycles. The van der Waals surface area contributed by atoms with Crippen molar-refractivity contribution in [2.45, 2.75) is 20.3 Å². The zero-order valence-corrected chi connectivity index (χ0v) is 19.8. The molecule has 8 nitrogen and oxygen atoms in total. The molecule has 2 aromatic carbocycles. The molecule has 0 atom stereocenters. The van der Waals surface area contributed by atoms with Crippen molar-refractivity contribution in [2.75, 3.05) is 25.1 Å². The minimum atomic E-state index is -0.562. The second kappa shape index (κ2) is 11.4. The third kappa shape index (κ3) is 5.99. The fraction of sp³-hybridized carbons (Fsp3) is 0.240. The molecule has 9 heteroatoms. The number of phenols is 1. The van der Waals surface area contributed by atoms with Gasteiger partial charge in [-0.1, -0.05) is 6.08 Å². The Labute approximate surface area is 202 Å². The average molecular weight is 483 g/mol. The molecule has 3 rings (SSSR count). The second-order valence-electron chi connectivity index (χ2n) is 7.23. The van der Waals surface area contributed by atoms with Crippen LogP contribution in [0.2, 0.25) is 0 Å². The molecule has 2 N–H and O–H groups in total. The lowest BCUT2D eigenvalue weighted by molar-refractivity contribution is -0.127. The van der Waals surface area contributed by atoms with E-state index in [1.807, 2.05) is 6.92 Å². The summed E-state index contributed by atoms with van der Waals surface area (Å²) in [5.41, 5.74) is 1.70. The van der Waals surface area contributed by atoms with Crippen molar-refractivity contribution in [3.8, 4) is 17.2 Å². The zero-order valence-electron chi connectivity index (χ0n) is 19.0. The lowest BCUT2D eigenvalue weighted by atomic mass is 10.1. The summed E-state index contributed by atoms with van der Waals surface area (Å²) in [7, 11) is 0. The average Bonchev–Trinajstić information content (AvgIpc) is 3.06. The molecule has 1 aliphatic rings. The molecule has 1 heterocycles. The van der Waals surface area contributed by atoms with Gasteiger partial charge in [0.05, 0.1) is 18.1 Å². The lowest BCUT2D eigenvalue weighted by Gasteiger charge is -2.13. The van der Waals surface area contributed by atoms with E-state index in [2.05, 4.69) is 11.9 Å². The number of benzene rings is 2. The summed E-state index contributed by atoms with van der Waals surface area (Å²) in [5.74, 6) is -0.0908. The number of ether oxygens (including phenoxy) is 2. The summed E-state index contributed by atoms with van der Waals surface area (Å²) >= 11 is 0.753. The van der Waals surface area contributed by atoms with Crippen molar-refractivity contribution >= 4 is 40.6 Å². The number of carbonyl (C=O) groups excluding carboxylic acids is 3. The topological polar surface area (TPSA) is 105 Å². The number of nitrogens with one attached hydrogen (secondary N) is 1. The highest BCUT2D eigenvalue weighted by molar-refractivity contribution is 8.18. The monoisotopic (exact) mass is 482 g/mol. The Morgan fingerprint density at radius 3 is 2.50 bits per heavy atom. The second-order valence-corrected chi connectivity index (χ2v) is 8.22. The molecule has 2 aromatic rings. The summed E-state index contributed by atoms with van der Waals surface area (Å²) in [6.45, 7) is 7.83. The van der Waals surface area contributed by atoms with E-state index in [0.717, 1.165) is 16.7 Å². The first-order chi connectivity index (χ1) is 16.4. The van der Waals surface area contributed by atoms with Crippen LogP contribution in [0, 0.1) is 0 Å². The third-order valence-electron chi connectivity index (χ3n) is 4.76. The normalized spacial score (nSPS) is 14.4. The third-order valence-corrected chi connectivity index (χ3v) is 5.67. The molecule has 0 unspecified atom stereocenters. The minimum absolute atomic E-state index is 0.0120. The van der Waals surface area contributed by atoms with Gasteiger partial charge in [-0.2, -0.15) is 0 Å². The van der Waals surface area contributed by atoms with E-state index in [4.69, 9.17) is 9.47 Å². The quantitative estimate of drug-likeness (QED) is 0.377. The number of carbonyl (C=O) groups is 3. The Bertz CT molecular complexity index is 1130. The summed E-state index contributed by atoms with van der Waals surface area (Å²) in [6, 6.07) is 10.1. The van der Waals surface area contributed by atoms with Gasteiger partial charge in [-0.05, 0) is 80.1 Å². The predicted octanol–water partition coefficient (Wildman–Crippen LogP) is 4.59. The van der Waals surface area contributed by atoms with E-state index in [-0.39, 0.29) is 16.4 Å². The van der Waals surface area contributed by atoms with Crippen LogP contribution in [-0.2, 0) is 16.0 Å². The van der Waals surface area contributed by atoms with E-state index in [9.17, 15) is 19.5 Å². The minimum Gasteiger partial charge on any atom is -0.504 e. The number of rotatable bonds is 10. The molecular formula is C25H26N2O6S. The molecule has 0 radical (unpaired) electrons. The first-order valence-corrected chi connectivity index (χ1v) is 11.6. The number of imide groups is 1. The summed E-state index contributed by atoms with van der Waals surface area (Å²) in [6.07, 6.45) is 3.59. The van der Waals surface area contributed by atoms with Gasteiger partial charge in [0.25, 0.3) is 11.1 Å². The number of allylic oxidation sites excluding steroid dienone is 1. The van der Waals surface area contributed by atoms with Crippen LogP contribution in [0.5, 0.6) is 17.2 Å². The van der Waals surface area contributed by atoms with Gasteiger partial charge in [0.15, 0.2) is 11.5 Å². The Morgan fingerprint density at radius 2 is 1.85 bits per heavy atom. The molecule has 178 valence electrons. The van der Waals surface area contributed by atoms with Crippen molar-refractivity contribution in [1.82, 2.24) is 4.90 Å². The maximum absolute atomic E-state index is 12.8. The van der Waals surface area contributed by atoms with Crippen molar-refractivity contribution in [3.63, 3.8) is 0 Å². The molecule has 34 heavy (non-hydrogen) atoms. The van der Waals surface area contributed by atoms with E-state index in [1.165, 1.54) is 0 Å². The number of anilines is 1. The van der Waals surface area contributed by atoms with Crippen molar-refractivity contribution in [1.29, 1.82) is 0 Å². The van der Waals surface area contributed by atoms with E-state index in [1.54, 1.807) is 55.5 Å². The summed E-state index contributed by atoms with van der Waals surface area (Å²) in [4.78, 5) is 38.8. The van der Waals surface area contributed by atoms with Crippen LogP contribution in [0.15, 0.2) is 54.0 Å². The Morgan fingerprint density at radius 1 is 1.15 bits per heavy atom. The van der Waals surface area contributed by atoms with Gasteiger partial charge < -0.3 is 19.9 Å². The molecule has 0 bridgehead atoms. The Kier molecular flexibility index (Phi) is 8.37. The molecule has 0 aromatic heterocycles. The van der Waals surface area contributed by atoms with Gasteiger partial charge >= 0.3 is 0 Å². The molecule has 0 saturated carbocycles. The first-order valence-electron chi connectivity index (χ1n) is 10.7. The van der Waals surface area contributed by atoms with E-state index < -0.39 is 23.6 Å². The Balaban J connectivity index is 1.73. The van der Waals surface area contributed by atoms with Gasteiger partial charge in [0, 0.05) is 11.3 Å². The standard InChI is InChI=1S/C25H26N2O6S/c1-4-7-17-12-16(13-20(23(17)29)33-6-3)14-21-24(30)27(25(31)34-21)15-22(28)26-18-8-10-19(11-9-18)32-5-2/h4,8-14,29H,1,5-7,15H2,2-3H3,(H,26,28)/b21-14-. The van der Waals surface area contributed by atoms with Crippen LogP contribution in [-0.4, -0.2) is 46.8 Å². The number of nitrogens with zero attached hydrogens (tertiary/aromatic N) is 1. The number of aromatic hydroxyl groups is 1.